The Labute approximate surface area is 209 Å². The number of nitrogens with zero attached hydrogens (tertiary/aromatic N) is 2. The second kappa shape index (κ2) is 8.71. The predicted molar refractivity (Wildman–Crippen MR) is 139 cm³/mol. The summed E-state index contributed by atoms with van der Waals surface area (Å²) in [4.78, 5) is 13.7. The van der Waals surface area contributed by atoms with Crippen LogP contribution in [-0.2, 0) is 0 Å². The summed E-state index contributed by atoms with van der Waals surface area (Å²) in [6, 6.07) is 31.5. The summed E-state index contributed by atoms with van der Waals surface area (Å²) < 4.78 is 6.25. The van der Waals surface area contributed by atoms with E-state index in [0.29, 0.717) is 22.8 Å². The van der Waals surface area contributed by atoms with Gasteiger partial charge in [0.2, 0.25) is 5.78 Å². The average molecular weight is 479 g/mol. The lowest BCUT2D eigenvalue weighted by molar-refractivity contribution is -0.00454. The number of hydrazone groups is 1. The number of hydrogen-bond donors (Lipinski definition) is 0. The molecule has 2 heterocycles. The van der Waals surface area contributed by atoms with Gasteiger partial charge in [0.15, 0.2) is 0 Å². The summed E-state index contributed by atoms with van der Waals surface area (Å²) in [6.45, 7) is 2.06. The number of rotatable bonds is 4. The van der Waals surface area contributed by atoms with Gasteiger partial charge in [-0.15, -0.1) is 0 Å². The molecule has 4 aromatic carbocycles. The first-order valence-electron chi connectivity index (χ1n) is 11.7. The molecule has 172 valence electrons. The van der Waals surface area contributed by atoms with Crippen LogP contribution in [0.2, 0.25) is 5.02 Å². The van der Waals surface area contributed by atoms with Gasteiger partial charge >= 0.3 is 0 Å². The molecule has 2 aliphatic rings. The molecule has 2 unspecified atom stereocenters. The highest BCUT2D eigenvalue weighted by Crippen LogP contribution is 2.44. The zero-order valence-corrected chi connectivity index (χ0v) is 19.9. The van der Waals surface area contributed by atoms with E-state index in [0.717, 1.165) is 28.0 Å². The SMILES string of the molecule is Cc1ccc(C2=NN3C(C(=O)c4ccc(-c5ccccc5)cc4)Oc4ccc(Cl)cc4C3C2)cc1. The van der Waals surface area contributed by atoms with Crippen molar-refractivity contribution in [3.63, 3.8) is 0 Å². The van der Waals surface area contributed by atoms with Crippen molar-refractivity contribution in [1.29, 1.82) is 0 Å². The Morgan fingerprint density at radius 2 is 1.57 bits per heavy atom. The lowest BCUT2D eigenvalue weighted by Gasteiger charge is -2.37. The number of halogens is 1. The molecule has 0 N–H and O–H groups in total. The van der Waals surface area contributed by atoms with E-state index in [1.807, 2.05) is 54.6 Å². The average Bonchev–Trinajstić information content (AvgIpc) is 3.35. The molecule has 0 fully saturated rings. The minimum absolute atomic E-state index is 0.119. The topological polar surface area (TPSA) is 41.9 Å². The highest BCUT2D eigenvalue weighted by molar-refractivity contribution is 6.30. The van der Waals surface area contributed by atoms with Crippen molar-refractivity contribution in [2.75, 3.05) is 0 Å². The predicted octanol–water partition coefficient (Wildman–Crippen LogP) is 7.07. The molecule has 0 aliphatic carbocycles. The smallest absolute Gasteiger partial charge is 0.251 e. The lowest BCUT2D eigenvalue weighted by Crippen LogP contribution is -2.45. The Bertz CT molecular complexity index is 1430. The Hall–Kier alpha value is -3.89. The van der Waals surface area contributed by atoms with Gasteiger partial charge in [0, 0.05) is 22.6 Å². The van der Waals surface area contributed by atoms with Crippen molar-refractivity contribution in [1.82, 2.24) is 5.01 Å². The quantitative estimate of drug-likeness (QED) is 0.294. The maximum absolute atomic E-state index is 13.7. The Balaban J connectivity index is 1.36. The van der Waals surface area contributed by atoms with Crippen LogP contribution in [-0.4, -0.2) is 22.7 Å². The summed E-state index contributed by atoms with van der Waals surface area (Å²) >= 11 is 6.32. The molecule has 0 saturated heterocycles. The van der Waals surface area contributed by atoms with Crippen LogP contribution in [0.15, 0.2) is 102 Å². The van der Waals surface area contributed by atoms with Crippen LogP contribution in [0.1, 0.15) is 39.5 Å². The standard InChI is InChI=1S/C30H23ClN2O2/c1-19-7-9-22(10-8-19)26-18-27-25-17-24(31)15-16-28(25)35-30(33(27)32-26)29(34)23-13-11-21(12-14-23)20-5-3-2-4-6-20/h2-17,27,30H,18H2,1H3. The third-order valence-corrected chi connectivity index (χ3v) is 6.87. The van der Waals surface area contributed by atoms with Gasteiger partial charge in [-0.05, 0) is 41.8 Å². The molecular weight excluding hydrogens is 456 g/mol. The minimum Gasteiger partial charge on any atom is -0.461 e. The Morgan fingerprint density at radius 3 is 2.31 bits per heavy atom. The second-order valence-corrected chi connectivity index (χ2v) is 9.41. The number of ether oxygens (including phenoxy) is 1. The fourth-order valence-corrected chi connectivity index (χ4v) is 4.93. The minimum atomic E-state index is -0.848. The number of benzene rings is 4. The number of aryl methyl sites for hydroxylation is 1. The maximum Gasteiger partial charge on any atom is 0.251 e. The molecule has 0 bridgehead atoms. The summed E-state index contributed by atoms with van der Waals surface area (Å²) in [5, 5.41) is 7.34. The number of fused-ring (bicyclic) bond motifs is 3. The molecule has 6 rings (SSSR count). The van der Waals surface area contributed by atoms with Crippen LogP contribution < -0.4 is 4.74 Å². The second-order valence-electron chi connectivity index (χ2n) is 8.97. The normalized spacial score (nSPS) is 18.3. The van der Waals surface area contributed by atoms with E-state index in [9.17, 15) is 4.79 Å². The van der Waals surface area contributed by atoms with Gasteiger partial charge in [-0.25, -0.2) is 5.01 Å². The molecule has 0 radical (unpaired) electrons. The van der Waals surface area contributed by atoms with E-state index < -0.39 is 6.23 Å². The fourth-order valence-electron chi connectivity index (χ4n) is 4.75. The largest absolute Gasteiger partial charge is 0.461 e. The summed E-state index contributed by atoms with van der Waals surface area (Å²) in [6.07, 6.45) is -0.171. The zero-order chi connectivity index (χ0) is 23.9. The molecule has 35 heavy (non-hydrogen) atoms. The third-order valence-electron chi connectivity index (χ3n) is 6.64. The van der Waals surface area contributed by atoms with E-state index in [2.05, 4.69) is 43.3 Å². The van der Waals surface area contributed by atoms with Crippen molar-refractivity contribution in [2.24, 2.45) is 5.10 Å². The highest BCUT2D eigenvalue weighted by atomic mass is 35.5. The van der Waals surface area contributed by atoms with E-state index in [-0.39, 0.29) is 11.8 Å². The van der Waals surface area contributed by atoms with Gasteiger partial charge in [0.1, 0.15) is 5.75 Å². The monoisotopic (exact) mass is 478 g/mol. The first-order valence-corrected chi connectivity index (χ1v) is 12.0. The first-order chi connectivity index (χ1) is 17.1. The molecule has 0 amide bonds. The molecule has 4 nitrogen and oxygen atoms in total. The maximum atomic E-state index is 13.7. The Kier molecular flexibility index (Phi) is 5.39. The van der Waals surface area contributed by atoms with Crippen LogP contribution in [0, 0.1) is 6.92 Å². The van der Waals surface area contributed by atoms with Gasteiger partial charge in [0.05, 0.1) is 11.8 Å². The van der Waals surface area contributed by atoms with E-state index in [4.69, 9.17) is 21.4 Å². The van der Waals surface area contributed by atoms with Gasteiger partial charge in [-0.2, -0.15) is 5.10 Å². The zero-order valence-electron chi connectivity index (χ0n) is 19.2. The van der Waals surface area contributed by atoms with Crippen molar-refractivity contribution < 1.29 is 9.53 Å². The molecule has 0 aromatic heterocycles. The van der Waals surface area contributed by atoms with Crippen molar-refractivity contribution in [2.45, 2.75) is 25.6 Å². The van der Waals surface area contributed by atoms with Crippen molar-refractivity contribution in [3.05, 3.63) is 124 Å². The van der Waals surface area contributed by atoms with Crippen LogP contribution in [0.5, 0.6) is 5.75 Å². The summed E-state index contributed by atoms with van der Waals surface area (Å²) in [7, 11) is 0. The number of carbonyl (C=O) groups excluding carboxylic acids is 1. The van der Waals surface area contributed by atoms with Crippen LogP contribution in [0.25, 0.3) is 11.1 Å². The van der Waals surface area contributed by atoms with Crippen LogP contribution in [0.3, 0.4) is 0 Å². The lowest BCUT2D eigenvalue weighted by atomic mass is 9.95. The first kappa shape index (κ1) is 21.6. The van der Waals surface area contributed by atoms with Gasteiger partial charge in [-0.1, -0.05) is 96.0 Å². The Morgan fingerprint density at radius 1 is 0.886 bits per heavy atom. The molecule has 5 heteroatoms. The van der Waals surface area contributed by atoms with Crippen LogP contribution in [0.4, 0.5) is 0 Å². The van der Waals surface area contributed by atoms with Crippen LogP contribution >= 0.6 is 11.6 Å². The summed E-state index contributed by atoms with van der Waals surface area (Å²) in [5.41, 5.74) is 6.88. The van der Waals surface area contributed by atoms with E-state index >= 15 is 0 Å². The molecule has 2 aliphatic heterocycles. The number of carbonyl (C=O) groups is 1. The summed E-state index contributed by atoms with van der Waals surface area (Å²) in [5.74, 6) is 0.555. The number of hydrogen-bond acceptors (Lipinski definition) is 4. The van der Waals surface area contributed by atoms with Crippen molar-refractivity contribution in [3.8, 4) is 16.9 Å². The van der Waals surface area contributed by atoms with Gasteiger partial charge in [0.25, 0.3) is 6.23 Å². The van der Waals surface area contributed by atoms with E-state index in [1.54, 1.807) is 11.1 Å². The van der Waals surface area contributed by atoms with Gasteiger partial charge < -0.3 is 4.74 Å². The molecule has 0 spiro atoms. The third kappa shape index (κ3) is 4.00. The fraction of sp³-hybridized carbons (Fsp3) is 0.133. The molecule has 2 atom stereocenters. The van der Waals surface area contributed by atoms with E-state index in [1.165, 1.54) is 5.56 Å². The molecule has 0 saturated carbocycles. The van der Waals surface area contributed by atoms with Crippen molar-refractivity contribution >= 4 is 23.1 Å². The molecular formula is C30H23ClN2O2. The highest BCUT2D eigenvalue weighted by Gasteiger charge is 2.43. The van der Waals surface area contributed by atoms with Gasteiger partial charge in [-0.3, -0.25) is 4.79 Å². The number of ketones is 1. The molecule has 4 aromatic rings. The number of Topliss-reactive ketones (excluding diaryl/α,β-unsaturated/α-hetero) is 1.